The molecule has 0 radical (unpaired) electrons. The third-order valence-corrected chi connectivity index (χ3v) is 4.57. The molecule has 1 N–H and O–H groups in total. The minimum Gasteiger partial charge on any atom is -0.351 e. The number of rotatable bonds is 4. The molecule has 0 aromatic heterocycles. The Labute approximate surface area is 130 Å². The van der Waals surface area contributed by atoms with Crippen molar-refractivity contribution in [2.75, 3.05) is 39.3 Å². The summed E-state index contributed by atoms with van der Waals surface area (Å²) < 4.78 is 0. The van der Waals surface area contributed by atoms with Gasteiger partial charge in [0.15, 0.2) is 0 Å². The number of nitrogens with one attached hydrogen (secondary N) is 1. The lowest BCUT2D eigenvalue weighted by molar-refractivity contribution is -0.117. The van der Waals surface area contributed by atoms with E-state index < -0.39 is 0 Å². The van der Waals surface area contributed by atoms with Crippen molar-refractivity contribution in [3.63, 3.8) is 0 Å². The topological polar surface area (TPSA) is 35.6 Å². The van der Waals surface area contributed by atoms with Crippen molar-refractivity contribution in [3.05, 3.63) is 40.9 Å². The Morgan fingerprint density at radius 1 is 1.29 bits per heavy atom. The zero-order chi connectivity index (χ0) is 14.7. The Kier molecular flexibility index (Phi) is 4.58. The maximum absolute atomic E-state index is 11.9. The van der Waals surface area contributed by atoms with E-state index in [0.717, 1.165) is 38.3 Å². The molecule has 4 nitrogen and oxygen atoms in total. The Bertz CT molecular complexity index is 538. The number of carbonyl (C=O) groups excluding carboxylic acids is 1. The SMILES string of the molecule is O=C(/C=C/c1ccccc1Cl)NCC1CN2CCN1CC2. The quantitative estimate of drug-likeness (QED) is 0.856. The second-order valence-corrected chi connectivity index (χ2v) is 6.00. The standard InChI is InChI=1S/C16H20ClN3O/c17-15-4-2-1-3-13(15)5-6-16(21)18-11-14-12-19-7-9-20(14)10-8-19/h1-6,14H,7-12H2,(H,18,21)/b6-5+. The molecule has 1 aromatic rings. The van der Waals surface area contributed by atoms with Gasteiger partial charge in [0.25, 0.3) is 0 Å². The first kappa shape index (κ1) is 14.6. The van der Waals surface area contributed by atoms with Crippen LogP contribution >= 0.6 is 11.6 Å². The zero-order valence-electron chi connectivity index (χ0n) is 12.0. The molecule has 1 atom stereocenters. The first-order valence-corrected chi connectivity index (χ1v) is 7.77. The molecular formula is C16H20ClN3O. The number of fused-ring (bicyclic) bond motifs is 3. The van der Waals surface area contributed by atoms with Crippen LogP contribution in [0.5, 0.6) is 0 Å². The highest BCUT2D eigenvalue weighted by Gasteiger charge is 2.31. The number of hydrogen-bond donors (Lipinski definition) is 1. The highest BCUT2D eigenvalue weighted by Crippen LogP contribution is 2.16. The van der Waals surface area contributed by atoms with Crippen molar-refractivity contribution in [3.8, 4) is 0 Å². The van der Waals surface area contributed by atoms with Gasteiger partial charge in [-0.05, 0) is 17.7 Å². The second-order valence-electron chi connectivity index (χ2n) is 5.59. The van der Waals surface area contributed by atoms with Gasteiger partial charge in [0, 0.05) is 56.4 Å². The van der Waals surface area contributed by atoms with Crippen LogP contribution in [0.25, 0.3) is 6.08 Å². The Balaban J connectivity index is 1.50. The molecule has 3 aliphatic heterocycles. The van der Waals surface area contributed by atoms with Gasteiger partial charge in [-0.25, -0.2) is 0 Å². The maximum atomic E-state index is 11.9. The summed E-state index contributed by atoms with van der Waals surface area (Å²) in [6.45, 7) is 6.34. The van der Waals surface area contributed by atoms with Gasteiger partial charge in [-0.3, -0.25) is 14.6 Å². The van der Waals surface area contributed by atoms with E-state index in [1.807, 2.05) is 24.3 Å². The molecule has 2 bridgehead atoms. The number of amides is 1. The summed E-state index contributed by atoms with van der Waals surface area (Å²) >= 11 is 6.05. The molecule has 3 aliphatic rings. The summed E-state index contributed by atoms with van der Waals surface area (Å²) in [6.07, 6.45) is 3.31. The second kappa shape index (κ2) is 6.60. The Morgan fingerprint density at radius 3 is 2.71 bits per heavy atom. The Morgan fingerprint density at radius 2 is 2.05 bits per heavy atom. The van der Waals surface area contributed by atoms with Gasteiger partial charge in [-0.15, -0.1) is 0 Å². The molecule has 3 fully saturated rings. The van der Waals surface area contributed by atoms with Crippen molar-refractivity contribution >= 4 is 23.6 Å². The molecule has 0 spiro atoms. The molecule has 0 aliphatic carbocycles. The first-order chi connectivity index (χ1) is 10.2. The van der Waals surface area contributed by atoms with Gasteiger partial charge < -0.3 is 5.32 Å². The molecule has 0 saturated carbocycles. The summed E-state index contributed by atoms with van der Waals surface area (Å²) in [7, 11) is 0. The summed E-state index contributed by atoms with van der Waals surface area (Å²) in [5.41, 5.74) is 0.862. The van der Waals surface area contributed by atoms with Crippen LogP contribution in [0.3, 0.4) is 0 Å². The predicted molar refractivity (Wildman–Crippen MR) is 85.3 cm³/mol. The van der Waals surface area contributed by atoms with Crippen molar-refractivity contribution < 1.29 is 4.79 Å². The Hall–Kier alpha value is -1.36. The van der Waals surface area contributed by atoms with Crippen LogP contribution in [0.15, 0.2) is 30.3 Å². The smallest absolute Gasteiger partial charge is 0.244 e. The van der Waals surface area contributed by atoms with Crippen molar-refractivity contribution in [1.82, 2.24) is 15.1 Å². The molecular weight excluding hydrogens is 286 g/mol. The third kappa shape index (κ3) is 3.64. The molecule has 4 rings (SSSR count). The van der Waals surface area contributed by atoms with Gasteiger partial charge in [0.1, 0.15) is 0 Å². The van der Waals surface area contributed by atoms with Gasteiger partial charge >= 0.3 is 0 Å². The van der Waals surface area contributed by atoms with E-state index in [-0.39, 0.29) is 5.91 Å². The van der Waals surface area contributed by atoms with Crippen molar-refractivity contribution in [2.45, 2.75) is 6.04 Å². The van der Waals surface area contributed by atoms with Crippen molar-refractivity contribution in [2.24, 2.45) is 0 Å². The molecule has 3 heterocycles. The summed E-state index contributed by atoms with van der Waals surface area (Å²) in [5.74, 6) is -0.0624. The van der Waals surface area contributed by atoms with Crippen LogP contribution in [0.1, 0.15) is 5.56 Å². The number of halogens is 1. The first-order valence-electron chi connectivity index (χ1n) is 7.39. The number of carbonyl (C=O) groups is 1. The molecule has 1 aromatic carbocycles. The lowest BCUT2D eigenvalue weighted by Crippen LogP contribution is -2.63. The van der Waals surface area contributed by atoms with E-state index in [1.54, 1.807) is 12.2 Å². The van der Waals surface area contributed by atoms with Crippen LogP contribution < -0.4 is 5.32 Å². The van der Waals surface area contributed by atoms with Gasteiger partial charge in [0.05, 0.1) is 0 Å². The minimum atomic E-state index is -0.0624. The lowest BCUT2D eigenvalue weighted by Gasteiger charge is -2.47. The molecule has 3 saturated heterocycles. The van der Waals surface area contributed by atoms with E-state index in [4.69, 9.17) is 11.6 Å². The fraction of sp³-hybridized carbons (Fsp3) is 0.438. The number of benzene rings is 1. The summed E-state index contributed by atoms with van der Waals surface area (Å²) in [4.78, 5) is 16.8. The average Bonchev–Trinajstić information content (AvgIpc) is 2.53. The van der Waals surface area contributed by atoms with Crippen LogP contribution in [0.2, 0.25) is 5.02 Å². The number of hydrogen-bond acceptors (Lipinski definition) is 3. The minimum absolute atomic E-state index is 0.0624. The highest BCUT2D eigenvalue weighted by atomic mass is 35.5. The maximum Gasteiger partial charge on any atom is 0.244 e. The monoisotopic (exact) mass is 305 g/mol. The fourth-order valence-electron chi connectivity index (χ4n) is 2.97. The highest BCUT2D eigenvalue weighted by molar-refractivity contribution is 6.32. The molecule has 112 valence electrons. The van der Waals surface area contributed by atoms with Gasteiger partial charge in [-0.1, -0.05) is 29.8 Å². The number of nitrogens with zero attached hydrogens (tertiary/aromatic N) is 2. The van der Waals surface area contributed by atoms with Crippen LogP contribution in [-0.2, 0) is 4.79 Å². The summed E-state index contributed by atoms with van der Waals surface area (Å²) in [5, 5.41) is 3.65. The normalized spacial score (nSPS) is 28.0. The zero-order valence-corrected chi connectivity index (χ0v) is 12.7. The fourth-order valence-corrected chi connectivity index (χ4v) is 3.17. The largest absolute Gasteiger partial charge is 0.351 e. The van der Waals surface area contributed by atoms with Gasteiger partial charge in [-0.2, -0.15) is 0 Å². The molecule has 1 amide bonds. The lowest BCUT2D eigenvalue weighted by atomic mass is 10.1. The van der Waals surface area contributed by atoms with Gasteiger partial charge in [0.2, 0.25) is 5.91 Å². The number of piperazine rings is 3. The van der Waals surface area contributed by atoms with Crippen LogP contribution in [-0.4, -0.2) is 61.0 Å². The van der Waals surface area contributed by atoms with Crippen molar-refractivity contribution in [1.29, 1.82) is 0 Å². The van der Waals surface area contributed by atoms with Crippen LogP contribution in [0, 0.1) is 0 Å². The molecule has 1 unspecified atom stereocenters. The summed E-state index contributed by atoms with van der Waals surface area (Å²) in [6, 6.07) is 7.95. The molecule has 21 heavy (non-hydrogen) atoms. The van der Waals surface area contributed by atoms with E-state index in [0.29, 0.717) is 17.6 Å². The average molecular weight is 306 g/mol. The molecule has 5 heteroatoms. The van der Waals surface area contributed by atoms with E-state index >= 15 is 0 Å². The van der Waals surface area contributed by atoms with E-state index in [2.05, 4.69) is 15.1 Å². The predicted octanol–water partition coefficient (Wildman–Crippen LogP) is 1.47. The van der Waals surface area contributed by atoms with Crippen LogP contribution in [0.4, 0.5) is 0 Å². The van der Waals surface area contributed by atoms with E-state index in [1.165, 1.54) is 0 Å². The third-order valence-electron chi connectivity index (χ3n) is 4.22. The van der Waals surface area contributed by atoms with E-state index in [9.17, 15) is 4.79 Å².